The second-order valence-electron chi connectivity index (χ2n) is 14.0. The maximum atomic E-state index is 10.5. The van der Waals surface area contributed by atoms with E-state index in [-0.39, 0.29) is 0 Å². The molecule has 0 aliphatic heterocycles. The van der Waals surface area contributed by atoms with E-state index in [0.717, 1.165) is 82.8 Å². The SMILES string of the molecule is N#Cc1ccc(-c2ccc(-n3c4ccccc4c4cccc(C#N)c43)cc2)cc1-n1c2ccccc2c2ccc(-n3c4ccccc4c4ccccc43)cc21. The zero-order chi connectivity index (χ0) is 36.6. The molecule has 3 aromatic heterocycles. The lowest BCUT2D eigenvalue weighted by atomic mass is 10.0. The Balaban J connectivity index is 1.10. The highest BCUT2D eigenvalue weighted by atomic mass is 15.0. The molecule has 11 aromatic rings. The average molecular weight is 700 g/mol. The van der Waals surface area contributed by atoms with Crippen molar-refractivity contribution in [2.24, 2.45) is 0 Å². The summed E-state index contributed by atoms with van der Waals surface area (Å²) in [5, 5.41) is 27.5. The lowest BCUT2D eigenvalue weighted by Gasteiger charge is -2.14. The number of nitriles is 2. The number of aromatic nitrogens is 3. The fourth-order valence-corrected chi connectivity index (χ4v) is 8.73. The van der Waals surface area contributed by atoms with Crippen molar-refractivity contribution in [3.63, 3.8) is 0 Å². The van der Waals surface area contributed by atoms with Crippen molar-refractivity contribution in [2.75, 3.05) is 0 Å². The summed E-state index contributed by atoms with van der Waals surface area (Å²) in [7, 11) is 0. The van der Waals surface area contributed by atoms with Gasteiger partial charge < -0.3 is 13.7 Å². The highest BCUT2D eigenvalue weighted by molar-refractivity contribution is 6.13. The standard InChI is InChI=1S/C50H29N5/c51-30-34-21-20-33(32-22-24-36(25-23-32)54-46-18-7-4-14-41(46)43-15-9-10-35(31-52)50(43)54)28-48(34)55-47-19-8-3-13-40(47)42-27-26-37(29-49(42)55)53-44-16-5-1-11-38(44)39-12-2-6-17-45(39)53/h1-29H. The molecule has 0 unspecified atom stereocenters. The van der Waals surface area contributed by atoms with Gasteiger partial charge in [-0.2, -0.15) is 10.5 Å². The Morgan fingerprint density at radius 2 is 0.818 bits per heavy atom. The third-order valence-electron chi connectivity index (χ3n) is 11.1. The summed E-state index contributed by atoms with van der Waals surface area (Å²) in [5.41, 5.74) is 12.5. The van der Waals surface area contributed by atoms with Crippen molar-refractivity contribution >= 4 is 65.4 Å². The molecule has 0 spiro atoms. The van der Waals surface area contributed by atoms with Gasteiger partial charge in [-0.15, -0.1) is 0 Å². The van der Waals surface area contributed by atoms with Crippen LogP contribution >= 0.6 is 0 Å². The molecular weight excluding hydrogens is 671 g/mol. The fraction of sp³-hybridized carbons (Fsp3) is 0. The van der Waals surface area contributed by atoms with E-state index in [4.69, 9.17) is 0 Å². The molecule has 0 amide bonds. The molecule has 0 N–H and O–H groups in total. The van der Waals surface area contributed by atoms with E-state index in [1.165, 1.54) is 10.8 Å². The van der Waals surface area contributed by atoms with Crippen LogP contribution in [0.1, 0.15) is 11.1 Å². The normalized spacial score (nSPS) is 11.6. The van der Waals surface area contributed by atoms with Crippen molar-refractivity contribution in [1.82, 2.24) is 13.7 Å². The van der Waals surface area contributed by atoms with Crippen LogP contribution in [0, 0.1) is 22.7 Å². The molecule has 55 heavy (non-hydrogen) atoms. The van der Waals surface area contributed by atoms with Crippen LogP contribution in [0.4, 0.5) is 0 Å². The van der Waals surface area contributed by atoms with Gasteiger partial charge in [0.2, 0.25) is 0 Å². The van der Waals surface area contributed by atoms with E-state index < -0.39 is 0 Å². The fourth-order valence-electron chi connectivity index (χ4n) is 8.73. The molecule has 0 aliphatic rings. The van der Waals surface area contributed by atoms with Gasteiger partial charge in [0.25, 0.3) is 0 Å². The topological polar surface area (TPSA) is 62.4 Å². The first-order valence-corrected chi connectivity index (χ1v) is 18.3. The van der Waals surface area contributed by atoms with E-state index >= 15 is 0 Å². The molecule has 5 heteroatoms. The second kappa shape index (κ2) is 11.8. The summed E-state index contributed by atoms with van der Waals surface area (Å²) < 4.78 is 6.77. The number of rotatable bonds is 4. The van der Waals surface area contributed by atoms with E-state index in [9.17, 15) is 10.5 Å². The van der Waals surface area contributed by atoms with Gasteiger partial charge in [0.05, 0.1) is 49.9 Å². The van der Waals surface area contributed by atoms with Gasteiger partial charge in [0, 0.05) is 43.7 Å². The maximum Gasteiger partial charge on any atom is 0.101 e. The summed E-state index contributed by atoms with van der Waals surface area (Å²) in [6, 6.07) is 66.0. The molecule has 0 bridgehead atoms. The lowest BCUT2D eigenvalue weighted by Crippen LogP contribution is -2.00. The van der Waals surface area contributed by atoms with Crippen LogP contribution in [0.25, 0.3) is 93.6 Å². The smallest absolute Gasteiger partial charge is 0.101 e. The third kappa shape index (κ3) is 4.45. The largest absolute Gasteiger partial charge is 0.309 e. The molecule has 0 saturated carbocycles. The van der Waals surface area contributed by atoms with Gasteiger partial charge in [-0.05, 0) is 77.9 Å². The highest BCUT2D eigenvalue weighted by Gasteiger charge is 2.19. The van der Waals surface area contributed by atoms with E-state index in [1.807, 2.05) is 36.4 Å². The number of para-hydroxylation sites is 5. The Hall–Kier alpha value is -7.86. The zero-order valence-electron chi connectivity index (χ0n) is 29.5. The predicted molar refractivity (Wildman–Crippen MR) is 224 cm³/mol. The van der Waals surface area contributed by atoms with E-state index in [1.54, 1.807) is 0 Å². The van der Waals surface area contributed by atoms with Gasteiger partial charge in [0.15, 0.2) is 0 Å². The van der Waals surface area contributed by atoms with Crippen LogP contribution in [0.15, 0.2) is 176 Å². The van der Waals surface area contributed by atoms with Crippen LogP contribution in [0.2, 0.25) is 0 Å². The molecule has 3 heterocycles. The molecule has 0 aliphatic carbocycles. The number of fused-ring (bicyclic) bond motifs is 9. The van der Waals surface area contributed by atoms with Gasteiger partial charge in [-0.3, -0.25) is 0 Å². The third-order valence-corrected chi connectivity index (χ3v) is 11.1. The molecule has 11 rings (SSSR count). The van der Waals surface area contributed by atoms with E-state index in [2.05, 4.69) is 165 Å². The summed E-state index contributed by atoms with van der Waals surface area (Å²) in [5.74, 6) is 0. The van der Waals surface area contributed by atoms with Crippen LogP contribution in [0.3, 0.4) is 0 Å². The Morgan fingerprint density at radius 1 is 0.327 bits per heavy atom. The Labute approximate surface area is 316 Å². The van der Waals surface area contributed by atoms with Crippen LogP contribution < -0.4 is 0 Å². The second-order valence-corrected chi connectivity index (χ2v) is 14.0. The molecule has 254 valence electrons. The van der Waals surface area contributed by atoms with Crippen molar-refractivity contribution in [3.8, 4) is 40.3 Å². The molecule has 0 radical (unpaired) electrons. The number of hydrogen-bond donors (Lipinski definition) is 0. The number of benzene rings is 8. The molecule has 0 atom stereocenters. The summed E-state index contributed by atoms with van der Waals surface area (Å²) in [4.78, 5) is 0. The first kappa shape index (κ1) is 30.7. The maximum absolute atomic E-state index is 10.5. The Kier molecular flexibility index (Phi) is 6.61. The van der Waals surface area contributed by atoms with Crippen LogP contribution in [0.5, 0.6) is 0 Å². The molecule has 0 fully saturated rings. The van der Waals surface area contributed by atoms with Gasteiger partial charge in [0.1, 0.15) is 12.1 Å². The Morgan fingerprint density at radius 3 is 1.44 bits per heavy atom. The quantitative estimate of drug-likeness (QED) is 0.184. The minimum absolute atomic E-state index is 0.597. The first-order valence-electron chi connectivity index (χ1n) is 18.3. The Bertz CT molecular complexity index is 3400. The zero-order valence-corrected chi connectivity index (χ0v) is 29.5. The summed E-state index contributed by atoms with van der Waals surface area (Å²) in [6.45, 7) is 0. The molecular formula is C50H29N5. The average Bonchev–Trinajstić information content (AvgIpc) is 3.89. The van der Waals surface area contributed by atoms with Crippen molar-refractivity contribution in [1.29, 1.82) is 10.5 Å². The minimum Gasteiger partial charge on any atom is -0.309 e. The van der Waals surface area contributed by atoms with Crippen LogP contribution in [-0.2, 0) is 0 Å². The van der Waals surface area contributed by atoms with Crippen molar-refractivity contribution in [2.45, 2.75) is 0 Å². The van der Waals surface area contributed by atoms with Crippen molar-refractivity contribution < 1.29 is 0 Å². The van der Waals surface area contributed by atoms with Gasteiger partial charge >= 0.3 is 0 Å². The van der Waals surface area contributed by atoms with Crippen molar-refractivity contribution in [3.05, 3.63) is 187 Å². The molecule has 5 nitrogen and oxygen atoms in total. The van der Waals surface area contributed by atoms with Crippen LogP contribution in [-0.4, -0.2) is 13.7 Å². The lowest BCUT2D eigenvalue weighted by molar-refractivity contribution is 1.15. The van der Waals surface area contributed by atoms with Gasteiger partial charge in [-0.1, -0.05) is 109 Å². The summed E-state index contributed by atoms with van der Waals surface area (Å²) in [6.07, 6.45) is 0. The monoisotopic (exact) mass is 699 g/mol. The number of hydrogen-bond acceptors (Lipinski definition) is 2. The predicted octanol–water partition coefficient (Wildman–Crippen LogP) is 12.4. The van der Waals surface area contributed by atoms with E-state index in [0.29, 0.717) is 11.1 Å². The number of nitrogens with zero attached hydrogens (tertiary/aromatic N) is 5. The van der Waals surface area contributed by atoms with Gasteiger partial charge in [-0.25, -0.2) is 0 Å². The highest BCUT2D eigenvalue weighted by Crippen LogP contribution is 2.39. The molecule has 8 aromatic carbocycles. The minimum atomic E-state index is 0.597. The summed E-state index contributed by atoms with van der Waals surface area (Å²) >= 11 is 0. The first-order chi connectivity index (χ1) is 27.2. The molecule has 0 saturated heterocycles.